The molecule has 5 nitrogen and oxygen atoms in total. The number of sulfone groups is 1. The summed E-state index contributed by atoms with van der Waals surface area (Å²) < 4.78 is 44.3. The van der Waals surface area contributed by atoms with Gasteiger partial charge in [-0.3, -0.25) is 0 Å². The highest BCUT2D eigenvalue weighted by Gasteiger charge is 2.49. The second-order valence-electron chi connectivity index (χ2n) is 11.6. The van der Waals surface area contributed by atoms with Gasteiger partial charge in [-0.05, 0) is 57.0 Å². The van der Waals surface area contributed by atoms with E-state index in [-0.39, 0.29) is 23.5 Å². The van der Waals surface area contributed by atoms with Gasteiger partial charge in [-0.15, -0.1) is 0 Å². The quantitative estimate of drug-likeness (QED) is 0.218. The first kappa shape index (κ1) is 28.2. The second-order valence-corrected chi connectivity index (χ2v) is 18.4. The number of hydrogen-bond donors (Lipinski definition) is 0. The molecule has 0 spiro atoms. The Morgan fingerprint density at radius 3 is 2.27 bits per heavy atom. The highest BCUT2D eigenvalue weighted by molar-refractivity contribution is 7.91. The largest absolute Gasteiger partial charge is 0.413 e. The van der Waals surface area contributed by atoms with Crippen molar-refractivity contribution in [1.29, 1.82) is 0 Å². The van der Waals surface area contributed by atoms with Gasteiger partial charge in [-0.2, -0.15) is 0 Å². The molecule has 188 valence electrons. The maximum absolute atomic E-state index is 13.3. The predicted octanol–water partition coefficient (Wildman–Crippen LogP) is 6.22. The van der Waals surface area contributed by atoms with Crippen LogP contribution in [0.25, 0.3) is 0 Å². The van der Waals surface area contributed by atoms with Crippen molar-refractivity contribution in [3.8, 4) is 0 Å². The third-order valence-corrected chi connectivity index (χ3v) is 14.1. The fraction of sp³-hybridized carbons (Fsp3) is 0.692. The first-order valence-corrected chi connectivity index (χ1v) is 16.4. The molecule has 0 unspecified atom stereocenters. The molecule has 0 bridgehead atoms. The minimum atomic E-state index is -3.44. The molecule has 2 atom stereocenters. The van der Waals surface area contributed by atoms with Gasteiger partial charge in [0.2, 0.25) is 0 Å². The molecule has 2 rings (SSSR count). The molecule has 1 aliphatic rings. The van der Waals surface area contributed by atoms with E-state index in [2.05, 4.69) is 60.7 Å². The Labute approximate surface area is 203 Å². The van der Waals surface area contributed by atoms with Gasteiger partial charge in [0.25, 0.3) is 0 Å². The van der Waals surface area contributed by atoms with Gasteiger partial charge in [0.05, 0.1) is 22.9 Å². The van der Waals surface area contributed by atoms with Crippen LogP contribution in [0.5, 0.6) is 0 Å². The zero-order valence-electron chi connectivity index (χ0n) is 22.0. The van der Waals surface area contributed by atoms with Crippen LogP contribution in [0.15, 0.2) is 46.9 Å². The summed E-state index contributed by atoms with van der Waals surface area (Å²) in [5, 5.41) is 0.112. The lowest BCUT2D eigenvalue weighted by molar-refractivity contribution is -0.132. The molecule has 1 fully saturated rings. The lowest BCUT2D eigenvalue weighted by atomic mass is 9.78. The normalized spacial score (nSPS) is 23.9. The Hall–Kier alpha value is -0.993. The van der Waals surface area contributed by atoms with Crippen molar-refractivity contribution >= 4 is 18.2 Å². The van der Waals surface area contributed by atoms with Gasteiger partial charge in [-0.1, -0.05) is 57.5 Å². The maximum atomic E-state index is 13.3. The zero-order chi connectivity index (χ0) is 25.1. The van der Waals surface area contributed by atoms with E-state index in [0.29, 0.717) is 11.5 Å². The number of rotatable bonds is 10. The molecule has 0 radical (unpaired) electrons. The summed E-state index contributed by atoms with van der Waals surface area (Å²) in [4.78, 5) is 0.376. The van der Waals surface area contributed by atoms with E-state index in [1.807, 2.05) is 6.07 Å². The molecule has 1 aliphatic carbocycles. The first-order valence-electron chi connectivity index (χ1n) is 11.8. The molecular formula is C26H44O5SSi. The average molecular weight is 497 g/mol. The molecule has 0 amide bonds. The molecule has 0 heterocycles. The van der Waals surface area contributed by atoms with Crippen LogP contribution in [0.3, 0.4) is 0 Å². The third-order valence-electron chi connectivity index (χ3n) is 7.61. The Kier molecular flexibility index (Phi) is 8.84. The summed E-state index contributed by atoms with van der Waals surface area (Å²) in [5.41, 5.74) is 0.165. The van der Waals surface area contributed by atoms with E-state index in [1.165, 1.54) is 0 Å². The number of ether oxygens (including phenoxy) is 2. The minimum absolute atomic E-state index is 0.0762. The van der Waals surface area contributed by atoms with Crippen LogP contribution in [0, 0.1) is 11.3 Å². The Balaban J connectivity index is 2.40. The zero-order valence-corrected chi connectivity index (χ0v) is 23.8. The van der Waals surface area contributed by atoms with Crippen LogP contribution in [0.2, 0.25) is 18.1 Å². The van der Waals surface area contributed by atoms with Crippen molar-refractivity contribution in [2.75, 3.05) is 26.3 Å². The molecule has 1 aromatic carbocycles. The summed E-state index contributed by atoms with van der Waals surface area (Å²) in [5.74, 6) is 0.166. The van der Waals surface area contributed by atoms with Crippen LogP contribution in [0.1, 0.15) is 54.4 Å². The van der Waals surface area contributed by atoms with Crippen LogP contribution in [-0.4, -0.2) is 48.6 Å². The predicted molar refractivity (Wildman–Crippen MR) is 138 cm³/mol. The molecule has 33 heavy (non-hydrogen) atoms. The van der Waals surface area contributed by atoms with E-state index in [9.17, 15) is 8.42 Å². The summed E-state index contributed by atoms with van der Waals surface area (Å²) in [6.07, 6.45) is 3.80. The molecule has 0 aromatic heterocycles. The molecule has 1 aromatic rings. The number of hydrogen-bond acceptors (Lipinski definition) is 5. The van der Waals surface area contributed by atoms with E-state index in [1.54, 1.807) is 31.4 Å². The Morgan fingerprint density at radius 1 is 1.12 bits per heavy atom. The Bertz CT molecular complexity index is 916. The standard InChI is InChI=1S/C26H44O5SSi/c1-24(2,3)33(8,9)31-18-16-23-22(25(4,5)30-20-29-7)15-17-26(23,6)19-32(27,28)21-13-11-10-12-14-21/h10-14,16,22H,15,17-20H2,1-9H3/b23-16+/t22-,26+/m1/s1. The van der Waals surface area contributed by atoms with Crippen molar-refractivity contribution < 1.29 is 22.3 Å². The van der Waals surface area contributed by atoms with Crippen LogP contribution in [-0.2, 0) is 23.7 Å². The van der Waals surface area contributed by atoms with E-state index < -0.39 is 29.2 Å². The highest BCUT2D eigenvalue weighted by Crippen LogP contribution is 2.52. The van der Waals surface area contributed by atoms with Crippen molar-refractivity contribution in [2.24, 2.45) is 11.3 Å². The van der Waals surface area contributed by atoms with Gasteiger partial charge >= 0.3 is 0 Å². The summed E-state index contributed by atoms with van der Waals surface area (Å²) >= 11 is 0. The lowest BCUT2D eigenvalue weighted by Crippen LogP contribution is -2.41. The lowest BCUT2D eigenvalue weighted by Gasteiger charge is -2.38. The summed E-state index contributed by atoms with van der Waals surface area (Å²) in [7, 11) is -3.75. The van der Waals surface area contributed by atoms with Crippen molar-refractivity contribution in [2.45, 2.75) is 83.0 Å². The summed E-state index contributed by atoms with van der Waals surface area (Å²) in [6, 6.07) is 8.75. The average Bonchev–Trinajstić information content (AvgIpc) is 3.02. The van der Waals surface area contributed by atoms with Gasteiger partial charge in [-0.25, -0.2) is 8.42 Å². The molecule has 0 saturated heterocycles. The fourth-order valence-corrected chi connectivity index (χ4v) is 7.27. The van der Waals surface area contributed by atoms with Crippen LogP contribution in [0.4, 0.5) is 0 Å². The van der Waals surface area contributed by atoms with Crippen LogP contribution < -0.4 is 0 Å². The number of methoxy groups -OCH3 is 1. The molecular weight excluding hydrogens is 452 g/mol. The fourth-order valence-electron chi connectivity index (χ4n) is 4.45. The molecule has 7 heteroatoms. The first-order chi connectivity index (χ1) is 15.1. The second kappa shape index (κ2) is 10.3. The maximum Gasteiger partial charge on any atom is 0.192 e. The van der Waals surface area contributed by atoms with E-state index in [0.717, 1.165) is 18.4 Å². The minimum Gasteiger partial charge on any atom is -0.413 e. The third kappa shape index (κ3) is 6.79. The molecule has 0 N–H and O–H groups in total. The SMILES string of the molecule is COCOC(C)(C)[C@@H]1CC[C@@](C)(CS(=O)(=O)c2ccccc2)/C1=C/CO[Si](C)(C)C(C)(C)C. The van der Waals surface area contributed by atoms with Gasteiger partial charge in [0, 0.05) is 18.4 Å². The van der Waals surface area contributed by atoms with Crippen molar-refractivity contribution in [3.63, 3.8) is 0 Å². The van der Waals surface area contributed by atoms with Gasteiger partial charge < -0.3 is 13.9 Å². The number of benzene rings is 1. The smallest absolute Gasteiger partial charge is 0.192 e. The Morgan fingerprint density at radius 2 is 1.73 bits per heavy atom. The monoisotopic (exact) mass is 496 g/mol. The molecule has 0 aliphatic heterocycles. The topological polar surface area (TPSA) is 61.8 Å². The highest BCUT2D eigenvalue weighted by atomic mass is 32.2. The van der Waals surface area contributed by atoms with Crippen LogP contribution >= 0.6 is 0 Å². The van der Waals surface area contributed by atoms with Gasteiger partial charge in [0.1, 0.15) is 6.79 Å². The van der Waals surface area contributed by atoms with Crippen molar-refractivity contribution in [1.82, 2.24) is 0 Å². The van der Waals surface area contributed by atoms with E-state index >= 15 is 0 Å². The summed E-state index contributed by atoms with van der Waals surface area (Å²) in [6.45, 7) is 18.1. The molecule has 1 saturated carbocycles. The van der Waals surface area contributed by atoms with Crippen molar-refractivity contribution in [3.05, 3.63) is 42.0 Å². The van der Waals surface area contributed by atoms with E-state index in [4.69, 9.17) is 13.9 Å². The van der Waals surface area contributed by atoms with Gasteiger partial charge in [0.15, 0.2) is 18.2 Å².